The van der Waals surface area contributed by atoms with Gasteiger partial charge in [-0.2, -0.15) is 0 Å². The molecule has 4 heteroatoms. The molecule has 0 aromatic heterocycles. The Labute approximate surface area is 103 Å². The Balaban J connectivity index is 2.15. The third kappa shape index (κ3) is 2.55. The summed E-state index contributed by atoms with van der Waals surface area (Å²) in [5, 5.41) is 0. The molecule has 1 heterocycles. The molecule has 0 N–H and O–H groups in total. The molecule has 1 aromatic carbocycles. The first-order valence-electron chi connectivity index (χ1n) is 5.13. The predicted octanol–water partition coefficient (Wildman–Crippen LogP) is 3.28. The molecule has 1 aromatic rings. The summed E-state index contributed by atoms with van der Waals surface area (Å²) in [6.45, 7) is 1.67. The van der Waals surface area contributed by atoms with E-state index in [1.807, 2.05) is 6.07 Å². The van der Waals surface area contributed by atoms with Gasteiger partial charge in [-0.25, -0.2) is 4.39 Å². The van der Waals surface area contributed by atoms with Crippen molar-refractivity contribution in [1.82, 2.24) is 4.90 Å². The summed E-state index contributed by atoms with van der Waals surface area (Å²) in [5.41, 5.74) is 0.920. The van der Waals surface area contributed by atoms with Crippen molar-refractivity contribution in [2.24, 2.45) is 0 Å². The molecular weight excluding hydrogens is 273 g/mol. The van der Waals surface area contributed by atoms with Crippen molar-refractivity contribution in [2.75, 3.05) is 13.7 Å². The van der Waals surface area contributed by atoms with Crippen LogP contribution in [0.25, 0.3) is 0 Å². The minimum absolute atomic E-state index is 0.256. The van der Waals surface area contributed by atoms with E-state index in [-0.39, 0.29) is 5.82 Å². The SMILES string of the molecule is COc1cc(F)cc(CN2CCC=C2Br)c1. The Hall–Kier alpha value is -1.03. The Kier molecular flexibility index (Phi) is 3.49. The number of methoxy groups -OCH3 is 1. The van der Waals surface area contributed by atoms with Crippen LogP contribution in [0.1, 0.15) is 12.0 Å². The van der Waals surface area contributed by atoms with Crippen LogP contribution in [-0.2, 0) is 6.54 Å². The molecule has 0 amide bonds. The van der Waals surface area contributed by atoms with Gasteiger partial charge in [0.25, 0.3) is 0 Å². The molecular formula is C12H13BrFNO. The molecule has 0 aliphatic carbocycles. The highest BCUT2D eigenvalue weighted by molar-refractivity contribution is 9.11. The van der Waals surface area contributed by atoms with Crippen LogP contribution in [0, 0.1) is 5.82 Å². The van der Waals surface area contributed by atoms with E-state index in [2.05, 4.69) is 26.9 Å². The van der Waals surface area contributed by atoms with Crippen LogP contribution in [0.4, 0.5) is 4.39 Å². The molecule has 0 spiro atoms. The largest absolute Gasteiger partial charge is 0.497 e. The fourth-order valence-corrected chi connectivity index (χ4v) is 2.31. The number of benzene rings is 1. The van der Waals surface area contributed by atoms with Crippen LogP contribution in [0.5, 0.6) is 5.75 Å². The lowest BCUT2D eigenvalue weighted by Gasteiger charge is -2.19. The number of hydrogen-bond donors (Lipinski definition) is 0. The van der Waals surface area contributed by atoms with Crippen molar-refractivity contribution in [2.45, 2.75) is 13.0 Å². The zero-order chi connectivity index (χ0) is 11.5. The molecule has 0 atom stereocenters. The van der Waals surface area contributed by atoms with Crippen molar-refractivity contribution in [1.29, 1.82) is 0 Å². The van der Waals surface area contributed by atoms with Gasteiger partial charge >= 0.3 is 0 Å². The summed E-state index contributed by atoms with van der Waals surface area (Å²) in [6, 6.07) is 4.79. The van der Waals surface area contributed by atoms with Gasteiger partial charge in [-0.1, -0.05) is 6.08 Å². The molecule has 86 valence electrons. The fraction of sp³-hybridized carbons (Fsp3) is 0.333. The van der Waals surface area contributed by atoms with Crippen molar-refractivity contribution in [3.05, 3.63) is 40.3 Å². The second kappa shape index (κ2) is 4.87. The summed E-state index contributed by atoms with van der Waals surface area (Å²) < 4.78 is 19.4. The smallest absolute Gasteiger partial charge is 0.127 e. The Morgan fingerprint density at radius 2 is 2.25 bits per heavy atom. The monoisotopic (exact) mass is 285 g/mol. The highest BCUT2D eigenvalue weighted by Crippen LogP contribution is 2.24. The minimum atomic E-state index is -0.256. The lowest BCUT2D eigenvalue weighted by Crippen LogP contribution is -2.16. The molecule has 0 saturated heterocycles. The maximum absolute atomic E-state index is 13.3. The van der Waals surface area contributed by atoms with E-state index < -0.39 is 0 Å². The first-order valence-corrected chi connectivity index (χ1v) is 5.92. The van der Waals surface area contributed by atoms with E-state index in [1.54, 1.807) is 13.2 Å². The van der Waals surface area contributed by atoms with E-state index >= 15 is 0 Å². The van der Waals surface area contributed by atoms with Gasteiger partial charge in [0.2, 0.25) is 0 Å². The van der Waals surface area contributed by atoms with E-state index in [0.29, 0.717) is 12.3 Å². The number of rotatable bonds is 3. The van der Waals surface area contributed by atoms with E-state index in [0.717, 1.165) is 23.1 Å². The van der Waals surface area contributed by atoms with Crippen LogP contribution in [-0.4, -0.2) is 18.6 Å². The first-order chi connectivity index (χ1) is 7.69. The third-order valence-corrected chi connectivity index (χ3v) is 3.38. The van der Waals surface area contributed by atoms with Gasteiger partial charge in [-0.3, -0.25) is 0 Å². The van der Waals surface area contributed by atoms with Crippen LogP contribution < -0.4 is 4.74 Å². The molecule has 1 aliphatic heterocycles. The predicted molar refractivity (Wildman–Crippen MR) is 65.0 cm³/mol. The lowest BCUT2D eigenvalue weighted by molar-refractivity contribution is 0.386. The summed E-state index contributed by atoms with van der Waals surface area (Å²) >= 11 is 3.48. The van der Waals surface area contributed by atoms with E-state index in [9.17, 15) is 4.39 Å². The second-order valence-corrected chi connectivity index (χ2v) is 4.55. The number of nitrogens with zero attached hydrogens (tertiary/aromatic N) is 1. The molecule has 0 radical (unpaired) electrons. The highest BCUT2D eigenvalue weighted by Gasteiger charge is 2.13. The summed E-state index contributed by atoms with van der Waals surface area (Å²) in [5.74, 6) is 0.308. The van der Waals surface area contributed by atoms with E-state index in [1.165, 1.54) is 6.07 Å². The fourth-order valence-electron chi connectivity index (χ4n) is 1.78. The minimum Gasteiger partial charge on any atom is -0.497 e. The third-order valence-electron chi connectivity index (χ3n) is 2.55. The molecule has 2 rings (SSSR count). The topological polar surface area (TPSA) is 12.5 Å². The van der Waals surface area contributed by atoms with Crippen molar-refractivity contribution in [3.63, 3.8) is 0 Å². The molecule has 2 nitrogen and oxygen atoms in total. The molecule has 0 saturated carbocycles. The van der Waals surface area contributed by atoms with Crippen molar-refractivity contribution < 1.29 is 9.13 Å². The number of halogens is 2. The van der Waals surface area contributed by atoms with Crippen LogP contribution in [0.2, 0.25) is 0 Å². The Morgan fingerprint density at radius 1 is 1.44 bits per heavy atom. The quantitative estimate of drug-likeness (QED) is 0.791. The molecule has 0 bridgehead atoms. The van der Waals surface area contributed by atoms with Gasteiger partial charge in [0.1, 0.15) is 11.6 Å². The number of hydrogen-bond acceptors (Lipinski definition) is 2. The molecule has 0 fully saturated rings. The van der Waals surface area contributed by atoms with Gasteiger partial charge < -0.3 is 9.64 Å². The van der Waals surface area contributed by atoms with Gasteiger partial charge in [-0.05, 0) is 40.0 Å². The van der Waals surface area contributed by atoms with Crippen molar-refractivity contribution >= 4 is 15.9 Å². The maximum atomic E-state index is 13.3. The number of ether oxygens (including phenoxy) is 1. The molecule has 16 heavy (non-hydrogen) atoms. The van der Waals surface area contributed by atoms with Crippen LogP contribution in [0.15, 0.2) is 28.9 Å². The van der Waals surface area contributed by atoms with Gasteiger partial charge in [-0.15, -0.1) is 0 Å². The van der Waals surface area contributed by atoms with Crippen molar-refractivity contribution in [3.8, 4) is 5.75 Å². The molecule has 0 unspecified atom stereocenters. The summed E-state index contributed by atoms with van der Waals surface area (Å²) in [4.78, 5) is 2.16. The van der Waals surface area contributed by atoms with E-state index in [4.69, 9.17) is 4.74 Å². The Bertz CT molecular complexity index is 419. The summed E-state index contributed by atoms with van der Waals surface area (Å²) in [6.07, 6.45) is 3.16. The lowest BCUT2D eigenvalue weighted by atomic mass is 10.2. The highest BCUT2D eigenvalue weighted by atomic mass is 79.9. The van der Waals surface area contributed by atoms with Crippen LogP contribution in [0.3, 0.4) is 0 Å². The van der Waals surface area contributed by atoms with Crippen LogP contribution >= 0.6 is 15.9 Å². The average molecular weight is 286 g/mol. The standard InChI is InChI=1S/C12H13BrFNO/c1-16-11-6-9(5-10(14)7-11)8-15-4-2-3-12(15)13/h3,5-7H,2,4,8H2,1H3. The summed E-state index contributed by atoms with van der Waals surface area (Å²) in [7, 11) is 1.55. The zero-order valence-electron chi connectivity index (χ0n) is 9.04. The average Bonchev–Trinajstić information content (AvgIpc) is 2.63. The molecule has 1 aliphatic rings. The maximum Gasteiger partial charge on any atom is 0.127 e. The van der Waals surface area contributed by atoms with Gasteiger partial charge in [0.15, 0.2) is 0 Å². The normalized spacial score (nSPS) is 15.2. The van der Waals surface area contributed by atoms with Gasteiger partial charge in [0.05, 0.1) is 11.7 Å². The second-order valence-electron chi connectivity index (χ2n) is 3.74. The zero-order valence-corrected chi connectivity index (χ0v) is 10.6. The Morgan fingerprint density at radius 3 is 2.88 bits per heavy atom. The first kappa shape index (κ1) is 11.5. The van der Waals surface area contributed by atoms with Gasteiger partial charge in [0, 0.05) is 19.2 Å².